The monoisotopic (exact) mass is 244 g/mol. The van der Waals surface area contributed by atoms with Crippen LogP contribution >= 0.6 is 0 Å². The highest BCUT2D eigenvalue weighted by atomic mass is 32.2. The zero-order valence-corrected chi connectivity index (χ0v) is 10.3. The van der Waals surface area contributed by atoms with Crippen molar-refractivity contribution in [2.24, 2.45) is 0 Å². The number of hydrogen-bond acceptors (Lipinski definition) is 2. The number of sulfone groups is 1. The fraction of sp³-hybridized carbons (Fsp3) is 0.143. The van der Waals surface area contributed by atoms with E-state index in [4.69, 9.17) is 0 Å². The Morgan fingerprint density at radius 1 is 0.941 bits per heavy atom. The van der Waals surface area contributed by atoms with E-state index in [1.807, 2.05) is 18.2 Å². The average molecular weight is 244 g/mol. The first-order valence-electron chi connectivity index (χ1n) is 5.47. The van der Waals surface area contributed by atoms with Gasteiger partial charge in [0.25, 0.3) is 0 Å². The van der Waals surface area contributed by atoms with E-state index in [2.05, 4.69) is 12.1 Å². The van der Waals surface area contributed by atoms with Crippen molar-refractivity contribution in [3.8, 4) is 11.1 Å². The Labute approximate surface area is 101 Å². The van der Waals surface area contributed by atoms with Gasteiger partial charge in [-0.05, 0) is 40.8 Å². The van der Waals surface area contributed by atoms with Crippen LogP contribution in [0.4, 0.5) is 0 Å². The standard InChI is InChI=1S/C14H12O2S/c1-17(15,16)12-6-7-14-11(9-12)8-10-4-2-3-5-13(10)14/h2-7,9H,8H2,1H3. The van der Waals surface area contributed by atoms with E-state index in [1.165, 1.54) is 17.4 Å². The summed E-state index contributed by atoms with van der Waals surface area (Å²) in [7, 11) is -3.11. The third kappa shape index (κ3) is 1.67. The van der Waals surface area contributed by atoms with Crippen LogP contribution in [0.2, 0.25) is 0 Å². The first kappa shape index (κ1) is 10.5. The summed E-state index contributed by atoms with van der Waals surface area (Å²) in [5.41, 5.74) is 4.76. The quantitative estimate of drug-likeness (QED) is 0.659. The Kier molecular flexibility index (Phi) is 2.13. The second-order valence-corrected chi connectivity index (χ2v) is 6.44. The molecule has 0 saturated heterocycles. The molecule has 2 aromatic carbocycles. The summed E-state index contributed by atoms with van der Waals surface area (Å²) in [6, 6.07) is 13.6. The lowest BCUT2D eigenvalue weighted by Gasteiger charge is -2.03. The van der Waals surface area contributed by atoms with E-state index < -0.39 is 9.84 Å². The number of hydrogen-bond donors (Lipinski definition) is 0. The molecule has 1 aliphatic carbocycles. The van der Waals surface area contributed by atoms with E-state index in [9.17, 15) is 8.42 Å². The first-order chi connectivity index (χ1) is 8.05. The largest absolute Gasteiger partial charge is 0.224 e. The maximum absolute atomic E-state index is 11.5. The maximum atomic E-state index is 11.5. The van der Waals surface area contributed by atoms with Gasteiger partial charge in [-0.3, -0.25) is 0 Å². The Morgan fingerprint density at radius 3 is 2.41 bits per heavy atom. The minimum absolute atomic E-state index is 0.407. The van der Waals surface area contributed by atoms with Gasteiger partial charge in [0, 0.05) is 6.26 Å². The van der Waals surface area contributed by atoms with Gasteiger partial charge in [-0.15, -0.1) is 0 Å². The maximum Gasteiger partial charge on any atom is 0.175 e. The van der Waals surface area contributed by atoms with Gasteiger partial charge in [0.2, 0.25) is 0 Å². The molecular formula is C14H12O2S. The van der Waals surface area contributed by atoms with Gasteiger partial charge in [0.15, 0.2) is 9.84 Å². The third-order valence-electron chi connectivity index (χ3n) is 3.19. The molecule has 17 heavy (non-hydrogen) atoms. The fourth-order valence-corrected chi connectivity index (χ4v) is 3.02. The summed E-state index contributed by atoms with van der Waals surface area (Å²) in [5.74, 6) is 0. The molecule has 0 saturated carbocycles. The van der Waals surface area contributed by atoms with Crippen molar-refractivity contribution in [1.82, 2.24) is 0 Å². The van der Waals surface area contributed by atoms with Gasteiger partial charge < -0.3 is 0 Å². The molecule has 0 spiro atoms. The van der Waals surface area contributed by atoms with Crippen LogP contribution < -0.4 is 0 Å². The molecule has 0 fully saturated rings. The molecule has 2 aromatic rings. The Bertz CT molecular complexity index is 700. The Hall–Kier alpha value is -1.61. The van der Waals surface area contributed by atoms with Crippen LogP contribution in [-0.4, -0.2) is 14.7 Å². The summed E-state index contributed by atoms with van der Waals surface area (Å²) in [5, 5.41) is 0. The number of rotatable bonds is 1. The van der Waals surface area contributed by atoms with Crippen LogP contribution in [0.3, 0.4) is 0 Å². The molecule has 0 aromatic heterocycles. The second-order valence-electron chi connectivity index (χ2n) is 4.43. The van der Waals surface area contributed by atoms with E-state index in [0.717, 1.165) is 17.5 Å². The lowest BCUT2D eigenvalue weighted by Crippen LogP contribution is -1.97. The molecule has 0 bridgehead atoms. The molecule has 0 amide bonds. The lowest BCUT2D eigenvalue weighted by atomic mass is 10.1. The highest BCUT2D eigenvalue weighted by Gasteiger charge is 2.19. The van der Waals surface area contributed by atoms with Crippen LogP contribution in [0.5, 0.6) is 0 Å². The van der Waals surface area contributed by atoms with Gasteiger partial charge in [-0.2, -0.15) is 0 Å². The molecule has 0 atom stereocenters. The first-order valence-corrected chi connectivity index (χ1v) is 7.36. The minimum atomic E-state index is -3.11. The molecule has 0 N–H and O–H groups in total. The van der Waals surface area contributed by atoms with Crippen molar-refractivity contribution in [1.29, 1.82) is 0 Å². The third-order valence-corrected chi connectivity index (χ3v) is 4.30. The van der Waals surface area contributed by atoms with Gasteiger partial charge in [0.1, 0.15) is 0 Å². The zero-order chi connectivity index (χ0) is 12.0. The normalized spacial score (nSPS) is 13.2. The summed E-state index contributed by atoms with van der Waals surface area (Å²) >= 11 is 0. The molecule has 0 aliphatic heterocycles. The molecular weight excluding hydrogens is 232 g/mol. The van der Waals surface area contributed by atoms with Gasteiger partial charge in [-0.25, -0.2) is 8.42 Å². The molecule has 3 rings (SSSR count). The SMILES string of the molecule is CS(=O)(=O)c1ccc2c(c1)Cc1ccccc1-2. The highest BCUT2D eigenvalue weighted by Crippen LogP contribution is 2.37. The predicted molar refractivity (Wildman–Crippen MR) is 67.8 cm³/mol. The van der Waals surface area contributed by atoms with E-state index in [1.54, 1.807) is 12.1 Å². The van der Waals surface area contributed by atoms with Crippen LogP contribution in [0.1, 0.15) is 11.1 Å². The summed E-state index contributed by atoms with van der Waals surface area (Å²) in [6.07, 6.45) is 2.08. The van der Waals surface area contributed by atoms with Crippen molar-refractivity contribution in [2.45, 2.75) is 11.3 Å². The molecule has 86 valence electrons. The molecule has 0 unspecified atom stereocenters. The number of benzene rings is 2. The van der Waals surface area contributed by atoms with E-state index in [0.29, 0.717) is 4.90 Å². The molecule has 0 heterocycles. The molecule has 0 radical (unpaired) electrons. The van der Waals surface area contributed by atoms with Gasteiger partial charge in [-0.1, -0.05) is 30.3 Å². The Balaban J connectivity index is 2.20. The fourth-order valence-electron chi connectivity index (χ4n) is 2.35. The van der Waals surface area contributed by atoms with Crippen molar-refractivity contribution >= 4 is 9.84 Å². The second kappa shape index (κ2) is 3.44. The van der Waals surface area contributed by atoms with Crippen molar-refractivity contribution in [3.05, 3.63) is 53.6 Å². The van der Waals surface area contributed by atoms with Crippen LogP contribution in [0.25, 0.3) is 11.1 Å². The van der Waals surface area contributed by atoms with Gasteiger partial charge in [0.05, 0.1) is 4.90 Å². The van der Waals surface area contributed by atoms with E-state index in [-0.39, 0.29) is 0 Å². The summed E-state index contributed by atoms with van der Waals surface area (Å²) in [6.45, 7) is 0. The molecule has 2 nitrogen and oxygen atoms in total. The average Bonchev–Trinajstić information content (AvgIpc) is 2.65. The predicted octanol–water partition coefficient (Wildman–Crippen LogP) is 2.66. The highest BCUT2D eigenvalue weighted by molar-refractivity contribution is 7.90. The lowest BCUT2D eigenvalue weighted by molar-refractivity contribution is 0.602. The van der Waals surface area contributed by atoms with Crippen molar-refractivity contribution in [2.75, 3.05) is 6.26 Å². The van der Waals surface area contributed by atoms with Crippen LogP contribution in [0, 0.1) is 0 Å². The smallest absolute Gasteiger partial charge is 0.175 e. The zero-order valence-electron chi connectivity index (χ0n) is 9.47. The number of fused-ring (bicyclic) bond motifs is 3. The van der Waals surface area contributed by atoms with E-state index >= 15 is 0 Å². The van der Waals surface area contributed by atoms with Crippen LogP contribution in [0.15, 0.2) is 47.4 Å². The topological polar surface area (TPSA) is 34.1 Å². The molecule has 3 heteroatoms. The minimum Gasteiger partial charge on any atom is -0.224 e. The summed E-state index contributed by atoms with van der Waals surface area (Å²) in [4.78, 5) is 0.407. The van der Waals surface area contributed by atoms with Crippen LogP contribution in [-0.2, 0) is 16.3 Å². The van der Waals surface area contributed by atoms with Gasteiger partial charge >= 0.3 is 0 Å². The molecule has 1 aliphatic rings. The van der Waals surface area contributed by atoms with Crippen molar-refractivity contribution < 1.29 is 8.42 Å². The Morgan fingerprint density at radius 2 is 1.65 bits per heavy atom. The summed E-state index contributed by atoms with van der Waals surface area (Å²) < 4.78 is 23.0. The van der Waals surface area contributed by atoms with Crippen molar-refractivity contribution in [3.63, 3.8) is 0 Å².